The number of hydrogen-bond donors (Lipinski definition) is 0. The van der Waals surface area contributed by atoms with Crippen LogP contribution in [0, 0.1) is 0 Å². The molecular weight excluding hydrogens is 213 g/mol. The van der Waals surface area contributed by atoms with Crippen molar-refractivity contribution in [2.24, 2.45) is 0 Å². The van der Waals surface area contributed by atoms with Crippen molar-refractivity contribution in [1.82, 2.24) is 0 Å². The second kappa shape index (κ2) is 4.22. The van der Waals surface area contributed by atoms with E-state index in [4.69, 9.17) is 11.6 Å². The first-order valence-corrected chi connectivity index (χ1v) is 4.57. The fourth-order valence-electron chi connectivity index (χ4n) is 1.41. The molecule has 1 aliphatic carbocycles. The lowest BCUT2D eigenvalue weighted by atomic mass is 10.1. The molecule has 1 aliphatic rings. The van der Waals surface area contributed by atoms with Crippen LogP contribution in [0.1, 0.15) is 19.8 Å². The fourth-order valence-corrected chi connectivity index (χ4v) is 1.72. The Morgan fingerprint density at radius 3 is 2.57 bits per heavy atom. The third-order valence-corrected chi connectivity index (χ3v) is 2.36. The maximum absolute atomic E-state index is 12.9. The number of halogens is 4. The predicted octanol–water partition coefficient (Wildman–Crippen LogP) is 4.34. The molecule has 1 fully saturated rings. The highest BCUT2D eigenvalue weighted by atomic mass is 35.5. The van der Waals surface area contributed by atoms with Crippen LogP contribution in [-0.4, -0.2) is 5.92 Å². The molecule has 0 aliphatic heterocycles. The average molecular weight is 223 g/mol. The van der Waals surface area contributed by atoms with Gasteiger partial charge in [0, 0.05) is 17.9 Å². The smallest absolute Gasteiger partial charge is 0.215 e. The van der Waals surface area contributed by atoms with Crippen molar-refractivity contribution in [2.75, 3.05) is 0 Å². The van der Waals surface area contributed by atoms with Gasteiger partial charge in [0.15, 0.2) is 0 Å². The highest BCUT2D eigenvalue weighted by Gasteiger charge is 2.40. The van der Waals surface area contributed by atoms with Crippen LogP contribution in [0.4, 0.5) is 13.2 Å². The minimum atomic E-state index is -2.87. The summed E-state index contributed by atoms with van der Waals surface area (Å²) in [7, 11) is 0. The predicted molar refractivity (Wildman–Crippen MR) is 51.1 cm³/mol. The summed E-state index contributed by atoms with van der Waals surface area (Å²) >= 11 is 5.74. The number of rotatable bonds is 1. The normalized spacial score (nSPS) is 27.6. The third kappa shape index (κ3) is 2.41. The van der Waals surface area contributed by atoms with Crippen LogP contribution in [0.3, 0.4) is 0 Å². The Hall–Kier alpha value is -0.700. The summed E-state index contributed by atoms with van der Waals surface area (Å²) < 4.78 is 38.1. The molecule has 0 bridgehead atoms. The molecule has 0 aromatic rings. The molecule has 0 aromatic carbocycles. The summed E-state index contributed by atoms with van der Waals surface area (Å²) in [6, 6.07) is 0. The zero-order valence-electron chi connectivity index (χ0n) is 7.66. The maximum Gasteiger partial charge on any atom is 0.256 e. The van der Waals surface area contributed by atoms with Gasteiger partial charge in [0.1, 0.15) is 0 Å². The Morgan fingerprint density at radius 1 is 1.43 bits per heavy atom. The molecule has 0 unspecified atom stereocenters. The lowest BCUT2D eigenvalue weighted by Gasteiger charge is -2.03. The Kier molecular flexibility index (Phi) is 3.43. The molecule has 0 amide bonds. The average Bonchev–Trinajstić information content (AvgIpc) is 2.41. The molecule has 0 aromatic heterocycles. The van der Waals surface area contributed by atoms with Gasteiger partial charge in [-0.25, -0.2) is 13.2 Å². The van der Waals surface area contributed by atoms with Crippen molar-refractivity contribution in [3.63, 3.8) is 0 Å². The molecule has 0 radical (unpaired) electrons. The topological polar surface area (TPSA) is 0 Å². The van der Waals surface area contributed by atoms with Crippen molar-refractivity contribution in [2.45, 2.75) is 25.7 Å². The number of hydrogen-bond acceptors (Lipinski definition) is 0. The van der Waals surface area contributed by atoms with E-state index in [1.54, 1.807) is 13.0 Å². The molecule has 1 rings (SSSR count). The van der Waals surface area contributed by atoms with Crippen LogP contribution in [0.15, 0.2) is 34.7 Å². The molecule has 0 heterocycles. The molecule has 78 valence electrons. The minimum Gasteiger partial charge on any atom is -0.215 e. The van der Waals surface area contributed by atoms with Crippen molar-refractivity contribution in [3.05, 3.63) is 34.7 Å². The highest BCUT2D eigenvalue weighted by molar-refractivity contribution is 6.31. The van der Waals surface area contributed by atoms with Gasteiger partial charge in [0.05, 0.1) is 6.33 Å². The van der Waals surface area contributed by atoms with Crippen LogP contribution in [0.5, 0.6) is 0 Å². The second-order valence-corrected chi connectivity index (χ2v) is 3.58. The minimum absolute atomic E-state index is 0.00176. The first-order valence-electron chi connectivity index (χ1n) is 4.19. The van der Waals surface area contributed by atoms with Gasteiger partial charge < -0.3 is 0 Å². The lowest BCUT2D eigenvalue weighted by molar-refractivity contribution is 0.0165. The van der Waals surface area contributed by atoms with Gasteiger partial charge in [-0.3, -0.25) is 0 Å². The largest absolute Gasteiger partial charge is 0.256 e. The van der Waals surface area contributed by atoms with Gasteiger partial charge >= 0.3 is 0 Å². The Bertz CT molecular complexity index is 313. The van der Waals surface area contributed by atoms with Gasteiger partial charge in [-0.2, -0.15) is 0 Å². The van der Waals surface area contributed by atoms with Gasteiger partial charge in [-0.1, -0.05) is 17.7 Å². The van der Waals surface area contributed by atoms with E-state index in [1.807, 2.05) is 0 Å². The van der Waals surface area contributed by atoms with Crippen molar-refractivity contribution in [1.29, 1.82) is 0 Å². The van der Waals surface area contributed by atoms with Crippen LogP contribution in [-0.2, 0) is 0 Å². The summed E-state index contributed by atoms with van der Waals surface area (Å²) in [5.74, 6) is -2.87. The molecule has 0 saturated heterocycles. The molecule has 0 N–H and O–H groups in total. The SMILES string of the molecule is C\C=C/C(Cl)=C1/CC(F)(F)C/C1=C\F. The van der Waals surface area contributed by atoms with Crippen molar-refractivity contribution < 1.29 is 13.2 Å². The lowest BCUT2D eigenvalue weighted by Crippen LogP contribution is -2.07. The molecule has 14 heavy (non-hydrogen) atoms. The van der Waals surface area contributed by atoms with Crippen molar-refractivity contribution >= 4 is 11.6 Å². The summed E-state index contributed by atoms with van der Waals surface area (Å²) in [6.07, 6.45) is 2.28. The molecule has 1 saturated carbocycles. The van der Waals surface area contributed by atoms with E-state index < -0.39 is 18.8 Å². The van der Waals surface area contributed by atoms with E-state index in [-0.39, 0.29) is 22.5 Å². The standard InChI is InChI=1S/C10H10ClF3/c1-2-3-9(11)8-5-10(13,14)4-7(8)6-12/h2-3,6H,4-5H2,1H3/b3-2-,7-6+,9-8+. The molecule has 0 nitrogen and oxygen atoms in total. The van der Waals surface area contributed by atoms with Gasteiger partial charge in [0.25, 0.3) is 5.92 Å². The van der Waals surface area contributed by atoms with Gasteiger partial charge in [-0.15, -0.1) is 0 Å². The summed E-state index contributed by atoms with van der Waals surface area (Å²) in [5, 5.41) is 0.188. The first-order chi connectivity index (χ1) is 6.50. The van der Waals surface area contributed by atoms with E-state index in [9.17, 15) is 13.2 Å². The zero-order chi connectivity index (χ0) is 10.8. The van der Waals surface area contributed by atoms with E-state index in [0.717, 1.165) is 0 Å². The summed E-state index contributed by atoms with van der Waals surface area (Å²) in [5.41, 5.74) is 0.204. The molecule has 4 heteroatoms. The monoisotopic (exact) mass is 222 g/mol. The first kappa shape index (κ1) is 11.4. The van der Waals surface area contributed by atoms with Crippen LogP contribution in [0.2, 0.25) is 0 Å². The number of allylic oxidation sites excluding steroid dienone is 5. The Labute approximate surface area is 85.7 Å². The van der Waals surface area contributed by atoms with E-state index in [2.05, 4.69) is 0 Å². The number of alkyl halides is 2. The fraction of sp³-hybridized carbons (Fsp3) is 0.400. The van der Waals surface area contributed by atoms with Crippen LogP contribution >= 0.6 is 11.6 Å². The van der Waals surface area contributed by atoms with Crippen LogP contribution in [0.25, 0.3) is 0 Å². The zero-order valence-corrected chi connectivity index (χ0v) is 8.41. The van der Waals surface area contributed by atoms with E-state index in [0.29, 0.717) is 0 Å². The van der Waals surface area contributed by atoms with Gasteiger partial charge in [0.2, 0.25) is 0 Å². The van der Waals surface area contributed by atoms with Gasteiger partial charge in [-0.05, 0) is 24.1 Å². The summed E-state index contributed by atoms with van der Waals surface area (Å²) in [6.45, 7) is 1.72. The quantitative estimate of drug-likeness (QED) is 0.619. The third-order valence-electron chi connectivity index (χ3n) is 2.01. The Morgan fingerprint density at radius 2 is 2.07 bits per heavy atom. The highest BCUT2D eigenvalue weighted by Crippen LogP contribution is 2.44. The Balaban J connectivity index is 3.06. The molecule has 0 spiro atoms. The molecular formula is C10H10ClF3. The van der Waals surface area contributed by atoms with Crippen LogP contribution < -0.4 is 0 Å². The molecule has 0 atom stereocenters. The second-order valence-electron chi connectivity index (χ2n) is 3.17. The summed E-state index contributed by atoms with van der Waals surface area (Å²) in [4.78, 5) is 0. The van der Waals surface area contributed by atoms with E-state index in [1.165, 1.54) is 6.08 Å². The maximum atomic E-state index is 12.9. The van der Waals surface area contributed by atoms with Crippen molar-refractivity contribution in [3.8, 4) is 0 Å². The van der Waals surface area contributed by atoms with E-state index >= 15 is 0 Å².